The zero-order valence-corrected chi connectivity index (χ0v) is 27.7. The Morgan fingerprint density at radius 1 is 1.00 bits per heavy atom. The predicted octanol–water partition coefficient (Wildman–Crippen LogP) is 2.49. The number of nitrogens with zero attached hydrogens (tertiary/aromatic N) is 6. The van der Waals surface area contributed by atoms with Crippen LogP contribution in [0.4, 0.5) is 17.3 Å². The van der Waals surface area contributed by atoms with Crippen molar-refractivity contribution in [1.82, 2.24) is 33.6 Å². The summed E-state index contributed by atoms with van der Waals surface area (Å²) in [7, 11) is 6.61. The summed E-state index contributed by atoms with van der Waals surface area (Å²) in [5, 5.41) is 8.00. The van der Waals surface area contributed by atoms with Crippen molar-refractivity contribution in [1.29, 1.82) is 0 Å². The van der Waals surface area contributed by atoms with E-state index in [2.05, 4.69) is 30.9 Å². The monoisotopic (exact) mass is 666 g/mol. The summed E-state index contributed by atoms with van der Waals surface area (Å²) in [5.41, 5.74) is 3.08. The van der Waals surface area contributed by atoms with E-state index in [4.69, 9.17) is 4.74 Å². The van der Waals surface area contributed by atoms with Crippen LogP contribution in [-0.4, -0.2) is 76.6 Å². The van der Waals surface area contributed by atoms with Crippen molar-refractivity contribution in [3.63, 3.8) is 0 Å². The van der Waals surface area contributed by atoms with Gasteiger partial charge in [-0.25, -0.2) is 9.97 Å². The number of H-pyrrole nitrogens is 1. The van der Waals surface area contributed by atoms with E-state index in [9.17, 15) is 24.0 Å². The molecule has 2 fully saturated rings. The van der Waals surface area contributed by atoms with Gasteiger partial charge < -0.3 is 44.3 Å². The molecule has 0 radical (unpaired) electrons. The molecule has 5 heterocycles. The number of hydrogen-bond donors (Lipinski definition) is 4. The molecule has 4 aromatic heterocycles. The number of piperidine rings is 1. The number of ketones is 1. The molecule has 1 spiro atoms. The maximum absolute atomic E-state index is 13.5. The molecule has 16 heteroatoms. The van der Waals surface area contributed by atoms with Crippen LogP contribution >= 0.6 is 0 Å². The van der Waals surface area contributed by atoms with Gasteiger partial charge in [0.2, 0.25) is 17.5 Å². The lowest BCUT2D eigenvalue weighted by molar-refractivity contribution is -0.124. The predicted molar refractivity (Wildman–Crippen MR) is 177 cm³/mol. The Balaban J connectivity index is 1.01. The van der Waals surface area contributed by atoms with Gasteiger partial charge in [0, 0.05) is 82.0 Å². The Kier molecular flexibility index (Phi) is 7.19. The van der Waals surface area contributed by atoms with Gasteiger partial charge in [-0.15, -0.1) is 0 Å². The molecule has 49 heavy (non-hydrogen) atoms. The first-order valence-corrected chi connectivity index (χ1v) is 15.5. The number of aromatic amines is 1. The third-order valence-corrected chi connectivity index (χ3v) is 9.22. The van der Waals surface area contributed by atoms with E-state index < -0.39 is 17.2 Å². The molecule has 0 bridgehead atoms. The number of hydrogen-bond acceptors (Lipinski definition) is 8. The molecule has 4 N–H and O–H groups in total. The maximum atomic E-state index is 13.5. The smallest absolute Gasteiger partial charge is 0.291 e. The summed E-state index contributed by atoms with van der Waals surface area (Å²) in [6.07, 6.45) is 10.1. The molecular formula is C33H34N10O6. The van der Waals surface area contributed by atoms with Crippen LogP contribution in [0.5, 0.6) is 5.75 Å². The highest BCUT2D eigenvalue weighted by atomic mass is 16.5. The van der Waals surface area contributed by atoms with Crippen molar-refractivity contribution < 1.29 is 28.7 Å². The largest absolute Gasteiger partial charge is 0.495 e. The number of rotatable bonds is 8. The number of methoxy groups -OCH3 is 1. The minimum absolute atomic E-state index is 0.0706. The number of likely N-dealkylation sites (tertiary alicyclic amines) is 1. The van der Waals surface area contributed by atoms with Crippen molar-refractivity contribution in [2.24, 2.45) is 27.1 Å². The maximum Gasteiger partial charge on any atom is 0.291 e. The van der Waals surface area contributed by atoms with Gasteiger partial charge in [-0.2, -0.15) is 0 Å². The highest BCUT2D eigenvalue weighted by Gasteiger charge is 2.68. The number of amides is 4. The molecule has 4 aromatic rings. The van der Waals surface area contributed by atoms with Gasteiger partial charge in [-0.3, -0.25) is 24.0 Å². The normalized spacial score (nSPS) is 18.9. The van der Waals surface area contributed by atoms with Crippen LogP contribution in [0.25, 0.3) is 6.08 Å². The lowest BCUT2D eigenvalue weighted by Crippen LogP contribution is -2.32. The average molecular weight is 667 g/mol. The number of nitrogens with one attached hydrogen (secondary N) is 4. The number of fused-ring (bicyclic) bond motifs is 1. The Morgan fingerprint density at radius 3 is 2.47 bits per heavy atom. The van der Waals surface area contributed by atoms with Gasteiger partial charge in [0.05, 0.1) is 24.2 Å². The van der Waals surface area contributed by atoms with E-state index in [0.29, 0.717) is 35.2 Å². The van der Waals surface area contributed by atoms with Crippen molar-refractivity contribution >= 4 is 52.8 Å². The minimum atomic E-state index is -0.524. The fourth-order valence-electron chi connectivity index (χ4n) is 7.02. The molecule has 7 rings (SSSR count). The van der Waals surface area contributed by atoms with E-state index in [1.165, 1.54) is 29.8 Å². The molecule has 1 unspecified atom stereocenters. The van der Waals surface area contributed by atoms with Crippen LogP contribution in [-0.2, 0) is 36.1 Å². The van der Waals surface area contributed by atoms with E-state index in [0.717, 1.165) is 17.7 Å². The SMILES string of the molecule is COc1c(C)[nH]c2c1C13C[C@H]1CN(C(=O)/C=C/c1nc(NC(=O)c4cc(NC(=O)c5nc(NC(C)=O)cn5C)cn4C)cn1C)C3=CC2=O. The number of aryl methyl sites for hydroxylation is 4. The highest BCUT2D eigenvalue weighted by molar-refractivity contribution is 6.09. The molecule has 0 aromatic carbocycles. The minimum Gasteiger partial charge on any atom is -0.495 e. The number of anilines is 3. The van der Waals surface area contributed by atoms with Crippen molar-refractivity contribution in [2.45, 2.75) is 25.7 Å². The molecule has 1 aliphatic heterocycles. The molecule has 252 valence electrons. The fourth-order valence-corrected chi connectivity index (χ4v) is 7.02. The van der Waals surface area contributed by atoms with Gasteiger partial charge in [0.1, 0.15) is 17.3 Å². The number of allylic oxidation sites excluding steroid dienone is 2. The number of ether oxygens (including phenoxy) is 1. The van der Waals surface area contributed by atoms with Crippen LogP contribution in [0.1, 0.15) is 62.0 Å². The van der Waals surface area contributed by atoms with E-state index in [1.54, 1.807) is 66.8 Å². The number of aromatic nitrogens is 6. The standard InChI is InChI=1S/C33H34N10O6/c1-16-29(49-6)27-28(34-16)21(45)10-22-33(27)11-18(33)12-43(22)26(46)8-7-25-37-24(14-41(25)4)39-31(47)20-9-19(13-40(20)3)36-32(48)30-38-23(15-42(30)5)35-17(2)44/h7-10,13-15,18,34H,11-12H2,1-6H3,(H,35,44)(H,36,48)(H,39,47)/b8-7+/t18-,33?/m0/s1. The first kappa shape index (κ1) is 31.4. The molecule has 1 saturated heterocycles. The summed E-state index contributed by atoms with van der Waals surface area (Å²) in [6.45, 7) is 3.71. The molecule has 1 saturated carbocycles. The summed E-state index contributed by atoms with van der Waals surface area (Å²) in [6, 6.07) is 1.51. The average Bonchev–Trinajstić information content (AvgIpc) is 3.50. The Morgan fingerprint density at radius 2 is 1.73 bits per heavy atom. The van der Waals surface area contributed by atoms with Gasteiger partial charge in [0.15, 0.2) is 11.6 Å². The van der Waals surface area contributed by atoms with Crippen LogP contribution in [0.15, 0.2) is 42.5 Å². The lowest BCUT2D eigenvalue weighted by Gasteiger charge is -2.27. The second-order valence-electron chi connectivity index (χ2n) is 12.6. The van der Waals surface area contributed by atoms with Gasteiger partial charge in [-0.05, 0) is 31.4 Å². The summed E-state index contributed by atoms with van der Waals surface area (Å²) in [4.78, 5) is 77.2. The number of carbonyl (C=O) groups is 5. The first-order valence-electron chi connectivity index (χ1n) is 15.5. The van der Waals surface area contributed by atoms with Gasteiger partial charge in [0.25, 0.3) is 17.7 Å². The molecule has 16 nitrogen and oxygen atoms in total. The zero-order chi connectivity index (χ0) is 34.9. The molecule has 2 aliphatic carbocycles. The van der Waals surface area contributed by atoms with Crippen molar-refractivity contribution in [3.8, 4) is 5.75 Å². The zero-order valence-electron chi connectivity index (χ0n) is 27.7. The second kappa shape index (κ2) is 11.2. The van der Waals surface area contributed by atoms with E-state index in [-0.39, 0.29) is 46.7 Å². The quantitative estimate of drug-likeness (QED) is 0.206. The Bertz CT molecular complexity index is 2180. The summed E-state index contributed by atoms with van der Waals surface area (Å²) in [5.74, 6) is 0.108. The third-order valence-electron chi connectivity index (χ3n) is 9.22. The molecule has 4 amide bonds. The first-order chi connectivity index (χ1) is 23.3. The van der Waals surface area contributed by atoms with Crippen LogP contribution in [0.3, 0.4) is 0 Å². The van der Waals surface area contributed by atoms with Gasteiger partial charge >= 0.3 is 0 Å². The van der Waals surface area contributed by atoms with Crippen LogP contribution in [0, 0.1) is 12.8 Å². The third kappa shape index (κ3) is 5.12. The number of imidazole rings is 2. The van der Waals surface area contributed by atoms with Crippen LogP contribution < -0.4 is 20.7 Å². The van der Waals surface area contributed by atoms with Crippen molar-refractivity contribution in [3.05, 3.63) is 76.8 Å². The topological polar surface area (TPSA) is 190 Å². The molecular weight excluding hydrogens is 632 g/mol. The Labute approximate surface area is 279 Å². The Hall–Kier alpha value is -6.19. The molecule has 3 aliphatic rings. The fraction of sp³-hybridized carbons (Fsp3) is 0.303. The van der Waals surface area contributed by atoms with E-state index >= 15 is 0 Å². The highest BCUT2D eigenvalue weighted by Crippen LogP contribution is 2.68. The second-order valence-corrected chi connectivity index (χ2v) is 12.6. The van der Waals surface area contributed by atoms with Crippen LogP contribution in [0.2, 0.25) is 0 Å². The number of carbonyl (C=O) groups excluding carboxylic acids is 5. The van der Waals surface area contributed by atoms with Crippen molar-refractivity contribution in [2.75, 3.05) is 29.6 Å². The summed E-state index contributed by atoms with van der Waals surface area (Å²) < 4.78 is 10.4. The summed E-state index contributed by atoms with van der Waals surface area (Å²) >= 11 is 0. The lowest BCUT2D eigenvalue weighted by atomic mass is 9.84. The van der Waals surface area contributed by atoms with E-state index in [1.807, 2.05) is 6.92 Å². The van der Waals surface area contributed by atoms with Gasteiger partial charge in [-0.1, -0.05) is 0 Å². The molecule has 2 atom stereocenters.